The van der Waals surface area contributed by atoms with Gasteiger partial charge in [0.05, 0.1) is 10.5 Å². The van der Waals surface area contributed by atoms with E-state index in [-0.39, 0.29) is 17.0 Å². The second kappa shape index (κ2) is 7.78. The summed E-state index contributed by atoms with van der Waals surface area (Å²) in [5.41, 5.74) is 4.52. The number of rotatable bonds is 6. The van der Waals surface area contributed by atoms with Gasteiger partial charge in [0, 0.05) is 23.6 Å². The number of para-hydroxylation sites is 1. The fourth-order valence-electron chi connectivity index (χ4n) is 3.25. The van der Waals surface area contributed by atoms with Crippen molar-refractivity contribution in [3.8, 4) is 11.8 Å². The predicted octanol–water partition coefficient (Wildman–Crippen LogP) is 3.49. The first kappa shape index (κ1) is 18.9. The van der Waals surface area contributed by atoms with Gasteiger partial charge in [-0.25, -0.2) is 13.1 Å². The molecule has 0 aliphatic carbocycles. The molecule has 27 heavy (non-hydrogen) atoms. The van der Waals surface area contributed by atoms with Crippen molar-refractivity contribution < 1.29 is 8.42 Å². The molecule has 0 bridgehead atoms. The molecule has 1 N–H and O–H groups in total. The van der Waals surface area contributed by atoms with E-state index in [0.717, 1.165) is 22.6 Å². The number of nitrogens with zero attached hydrogens (tertiary/aromatic N) is 2. The maximum absolute atomic E-state index is 12.5. The van der Waals surface area contributed by atoms with Crippen LogP contribution in [0.2, 0.25) is 0 Å². The number of nitriles is 1. The van der Waals surface area contributed by atoms with E-state index in [4.69, 9.17) is 5.26 Å². The molecule has 0 radical (unpaired) electrons. The standard InChI is InChI=1S/C21H21N3O2S/c1-16-14-18(17(2)24(16)20-9-4-3-5-10-20)12-13-23-27(25,26)21-11-7-6-8-19(21)15-22/h3-11,14,23H,12-13H2,1-2H3. The van der Waals surface area contributed by atoms with Crippen molar-refractivity contribution in [3.63, 3.8) is 0 Å². The summed E-state index contributed by atoms with van der Waals surface area (Å²) in [6.45, 7) is 4.34. The molecule has 0 aliphatic rings. The quantitative estimate of drug-likeness (QED) is 0.712. The number of sulfonamides is 1. The normalized spacial score (nSPS) is 11.3. The monoisotopic (exact) mass is 379 g/mol. The van der Waals surface area contributed by atoms with Gasteiger partial charge in [-0.2, -0.15) is 5.26 Å². The molecule has 138 valence electrons. The molecule has 0 fully saturated rings. The maximum Gasteiger partial charge on any atom is 0.241 e. The van der Waals surface area contributed by atoms with Crippen molar-refractivity contribution in [1.29, 1.82) is 5.26 Å². The highest BCUT2D eigenvalue weighted by Gasteiger charge is 2.18. The van der Waals surface area contributed by atoms with Crippen LogP contribution in [0.3, 0.4) is 0 Å². The molecule has 6 heteroatoms. The van der Waals surface area contributed by atoms with Gasteiger partial charge < -0.3 is 4.57 Å². The topological polar surface area (TPSA) is 74.9 Å². The van der Waals surface area contributed by atoms with Gasteiger partial charge in [-0.05, 0) is 56.2 Å². The number of benzene rings is 2. The lowest BCUT2D eigenvalue weighted by atomic mass is 10.2. The molecule has 0 saturated carbocycles. The number of hydrogen-bond donors (Lipinski definition) is 1. The van der Waals surface area contributed by atoms with Crippen LogP contribution in [0, 0.1) is 25.2 Å². The average molecular weight is 379 g/mol. The van der Waals surface area contributed by atoms with E-state index in [2.05, 4.69) is 15.4 Å². The Morgan fingerprint density at radius 2 is 1.70 bits per heavy atom. The van der Waals surface area contributed by atoms with E-state index in [9.17, 15) is 8.42 Å². The smallest absolute Gasteiger partial charge is 0.241 e. The van der Waals surface area contributed by atoms with E-state index in [1.54, 1.807) is 12.1 Å². The summed E-state index contributed by atoms with van der Waals surface area (Å²) in [5, 5.41) is 9.12. The molecule has 1 heterocycles. The summed E-state index contributed by atoms with van der Waals surface area (Å²) in [7, 11) is -3.72. The third kappa shape index (κ3) is 3.95. The molecule has 0 spiro atoms. The maximum atomic E-state index is 12.5. The summed E-state index contributed by atoms with van der Waals surface area (Å²) in [6.07, 6.45) is 0.570. The number of hydrogen-bond acceptors (Lipinski definition) is 3. The SMILES string of the molecule is Cc1cc(CCNS(=O)(=O)c2ccccc2C#N)c(C)n1-c1ccccc1. The van der Waals surface area contributed by atoms with Crippen molar-refractivity contribution >= 4 is 10.0 Å². The van der Waals surface area contributed by atoms with Crippen LogP contribution in [0.4, 0.5) is 0 Å². The number of aromatic nitrogens is 1. The Labute approximate surface area is 159 Å². The molecule has 0 amide bonds. The lowest BCUT2D eigenvalue weighted by Crippen LogP contribution is -2.26. The summed E-state index contributed by atoms with van der Waals surface area (Å²) in [5.74, 6) is 0. The minimum atomic E-state index is -3.72. The largest absolute Gasteiger partial charge is 0.318 e. The summed E-state index contributed by atoms with van der Waals surface area (Å²) >= 11 is 0. The Balaban J connectivity index is 1.76. The first-order valence-electron chi connectivity index (χ1n) is 8.66. The van der Waals surface area contributed by atoms with E-state index >= 15 is 0 Å². The van der Waals surface area contributed by atoms with Crippen molar-refractivity contribution in [3.05, 3.63) is 83.2 Å². The lowest BCUT2D eigenvalue weighted by Gasteiger charge is -2.10. The van der Waals surface area contributed by atoms with Crippen molar-refractivity contribution in [2.45, 2.75) is 25.2 Å². The van der Waals surface area contributed by atoms with Crippen LogP contribution in [-0.2, 0) is 16.4 Å². The molecule has 5 nitrogen and oxygen atoms in total. The van der Waals surface area contributed by atoms with E-state index in [1.165, 1.54) is 12.1 Å². The third-order valence-corrected chi connectivity index (χ3v) is 6.05. The Kier molecular flexibility index (Phi) is 5.45. The van der Waals surface area contributed by atoms with Crippen LogP contribution >= 0.6 is 0 Å². The zero-order valence-corrected chi connectivity index (χ0v) is 16.1. The molecule has 0 aliphatic heterocycles. The molecule has 0 unspecified atom stereocenters. The third-order valence-electron chi connectivity index (χ3n) is 4.53. The summed E-state index contributed by atoms with van der Waals surface area (Å²) < 4.78 is 29.8. The predicted molar refractivity (Wildman–Crippen MR) is 105 cm³/mol. The Hall–Kier alpha value is -2.88. The van der Waals surface area contributed by atoms with Gasteiger partial charge in [-0.1, -0.05) is 30.3 Å². The Morgan fingerprint density at radius 1 is 1.04 bits per heavy atom. The van der Waals surface area contributed by atoms with Gasteiger partial charge in [-0.15, -0.1) is 0 Å². The van der Waals surface area contributed by atoms with Crippen LogP contribution in [0.1, 0.15) is 22.5 Å². The van der Waals surface area contributed by atoms with Gasteiger partial charge in [0.1, 0.15) is 6.07 Å². The van der Waals surface area contributed by atoms with Gasteiger partial charge in [-0.3, -0.25) is 0 Å². The average Bonchev–Trinajstić information content (AvgIpc) is 2.95. The van der Waals surface area contributed by atoms with Gasteiger partial charge in [0.2, 0.25) is 10.0 Å². The minimum Gasteiger partial charge on any atom is -0.318 e. The van der Waals surface area contributed by atoms with Crippen molar-refractivity contribution in [2.75, 3.05) is 6.54 Å². The molecular weight excluding hydrogens is 358 g/mol. The summed E-state index contributed by atoms with van der Waals surface area (Å²) in [4.78, 5) is 0.0160. The molecule has 0 saturated heterocycles. The van der Waals surface area contributed by atoms with Crippen LogP contribution < -0.4 is 4.72 Å². The van der Waals surface area contributed by atoms with Gasteiger partial charge in [0.15, 0.2) is 0 Å². The van der Waals surface area contributed by atoms with Crippen molar-refractivity contribution in [1.82, 2.24) is 9.29 Å². The molecule has 1 aromatic heterocycles. The molecule has 2 aromatic carbocycles. The van der Waals surface area contributed by atoms with Crippen LogP contribution in [0.5, 0.6) is 0 Å². The second-order valence-corrected chi connectivity index (χ2v) is 8.06. The van der Waals surface area contributed by atoms with Crippen LogP contribution in [0.25, 0.3) is 5.69 Å². The number of nitrogens with one attached hydrogen (secondary N) is 1. The Bertz CT molecular complexity index is 1090. The van der Waals surface area contributed by atoms with E-state index in [0.29, 0.717) is 6.42 Å². The van der Waals surface area contributed by atoms with Gasteiger partial charge >= 0.3 is 0 Å². The molecular formula is C21H21N3O2S. The zero-order valence-electron chi connectivity index (χ0n) is 15.3. The van der Waals surface area contributed by atoms with E-state index in [1.807, 2.05) is 50.2 Å². The highest BCUT2D eigenvalue weighted by atomic mass is 32.2. The first-order valence-corrected chi connectivity index (χ1v) is 10.1. The number of aryl methyl sites for hydroxylation is 1. The zero-order chi connectivity index (χ0) is 19.4. The molecule has 3 aromatic rings. The summed E-state index contributed by atoms with van der Waals surface area (Å²) in [6, 6.07) is 20.3. The lowest BCUT2D eigenvalue weighted by molar-refractivity contribution is 0.581. The van der Waals surface area contributed by atoms with Crippen molar-refractivity contribution in [2.24, 2.45) is 0 Å². The van der Waals surface area contributed by atoms with Gasteiger partial charge in [0.25, 0.3) is 0 Å². The Morgan fingerprint density at radius 3 is 2.41 bits per heavy atom. The van der Waals surface area contributed by atoms with Crippen LogP contribution in [-0.4, -0.2) is 19.5 Å². The fourth-order valence-corrected chi connectivity index (χ4v) is 4.44. The second-order valence-electron chi connectivity index (χ2n) is 6.32. The van der Waals surface area contributed by atoms with Crippen LogP contribution in [0.15, 0.2) is 65.6 Å². The van der Waals surface area contributed by atoms with E-state index < -0.39 is 10.0 Å². The molecule has 3 rings (SSSR count). The highest BCUT2D eigenvalue weighted by molar-refractivity contribution is 7.89. The fraction of sp³-hybridized carbons (Fsp3) is 0.190. The minimum absolute atomic E-state index is 0.0160. The highest BCUT2D eigenvalue weighted by Crippen LogP contribution is 2.21. The first-order chi connectivity index (χ1) is 12.9. The molecule has 0 atom stereocenters.